The third kappa shape index (κ3) is 4.55. The van der Waals surface area contributed by atoms with Crippen molar-refractivity contribution < 1.29 is 9.53 Å². The van der Waals surface area contributed by atoms with Crippen molar-refractivity contribution in [1.82, 2.24) is 9.13 Å². The summed E-state index contributed by atoms with van der Waals surface area (Å²) in [6.45, 7) is 7.77. The second-order valence-corrected chi connectivity index (χ2v) is 10.8. The van der Waals surface area contributed by atoms with Gasteiger partial charge in [0.1, 0.15) is 0 Å². The molecule has 0 aliphatic carbocycles. The van der Waals surface area contributed by atoms with Crippen molar-refractivity contribution in [1.29, 1.82) is 0 Å². The van der Waals surface area contributed by atoms with E-state index in [0.717, 1.165) is 28.2 Å². The van der Waals surface area contributed by atoms with E-state index in [1.807, 2.05) is 68.5 Å². The monoisotopic (exact) mass is 565 g/mol. The van der Waals surface area contributed by atoms with Crippen molar-refractivity contribution in [3.8, 4) is 5.69 Å². The van der Waals surface area contributed by atoms with Crippen molar-refractivity contribution >= 4 is 46.6 Å². The van der Waals surface area contributed by atoms with Gasteiger partial charge in [-0.15, -0.1) is 0 Å². The Morgan fingerprint density at radius 2 is 1.82 bits per heavy atom. The standard InChI is InChI=1S/C29H25Cl2N3O3S/c1-5-37-28(36)25-17(3)32-29-34(26(25)19-9-7-6-8-10-19)27(35)24(38-29)14-20-13-16(2)33(18(20)4)21-11-12-22(30)23(31)15-21/h6-15,26H,5H2,1-4H3/b24-14+/t26-/m1/s1. The number of esters is 1. The minimum absolute atomic E-state index is 0.212. The van der Waals surface area contributed by atoms with Gasteiger partial charge >= 0.3 is 5.97 Å². The maximum atomic E-state index is 13.9. The SMILES string of the molecule is CCOC(=O)C1=C(C)N=c2s/c(=C/c3cc(C)n(-c4ccc(Cl)c(Cl)c4)c3C)c(=O)n2[C@@H]1c1ccccc1. The van der Waals surface area contributed by atoms with E-state index < -0.39 is 12.0 Å². The molecule has 0 amide bonds. The fourth-order valence-corrected chi connectivity index (χ4v) is 6.17. The summed E-state index contributed by atoms with van der Waals surface area (Å²) in [5, 5.41) is 0.963. The first-order valence-corrected chi connectivity index (χ1v) is 13.7. The molecule has 0 saturated carbocycles. The van der Waals surface area contributed by atoms with Gasteiger partial charge in [-0.05, 0) is 69.2 Å². The van der Waals surface area contributed by atoms with Crippen molar-refractivity contribution in [2.75, 3.05) is 6.61 Å². The van der Waals surface area contributed by atoms with E-state index in [1.165, 1.54) is 11.3 Å². The van der Waals surface area contributed by atoms with Crippen LogP contribution in [0, 0.1) is 13.8 Å². The molecule has 1 aliphatic rings. The van der Waals surface area contributed by atoms with Crippen LogP contribution in [0.4, 0.5) is 0 Å². The van der Waals surface area contributed by atoms with Crippen LogP contribution in [-0.4, -0.2) is 21.7 Å². The molecule has 4 aromatic rings. The number of aromatic nitrogens is 2. The van der Waals surface area contributed by atoms with Gasteiger partial charge in [0.25, 0.3) is 5.56 Å². The quantitative estimate of drug-likeness (QED) is 0.299. The van der Waals surface area contributed by atoms with Crippen LogP contribution < -0.4 is 14.9 Å². The Morgan fingerprint density at radius 1 is 1.08 bits per heavy atom. The second kappa shape index (κ2) is 10.4. The molecule has 38 heavy (non-hydrogen) atoms. The predicted octanol–water partition coefficient (Wildman–Crippen LogP) is 5.51. The zero-order valence-corrected chi connectivity index (χ0v) is 23.6. The number of aryl methyl sites for hydroxylation is 1. The van der Waals surface area contributed by atoms with Gasteiger partial charge in [0.2, 0.25) is 0 Å². The van der Waals surface area contributed by atoms with Gasteiger partial charge in [0.15, 0.2) is 4.80 Å². The fraction of sp³-hybridized carbons (Fsp3) is 0.207. The molecule has 3 heterocycles. The molecule has 9 heteroatoms. The molecule has 0 fully saturated rings. The lowest BCUT2D eigenvalue weighted by Crippen LogP contribution is -2.39. The van der Waals surface area contributed by atoms with Crippen molar-refractivity contribution in [2.24, 2.45) is 4.99 Å². The van der Waals surface area contributed by atoms with Gasteiger partial charge in [-0.1, -0.05) is 64.9 Å². The van der Waals surface area contributed by atoms with E-state index in [0.29, 0.717) is 30.6 Å². The zero-order chi connectivity index (χ0) is 27.1. The molecular formula is C29H25Cl2N3O3S. The van der Waals surface area contributed by atoms with Crippen LogP contribution in [0.3, 0.4) is 0 Å². The Balaban J connectivity index is 1.68. The molecule has 0 N–H and O–H groups in total. The van der Waals surface area contributed by atoms with E-state index in [-0.39, 0.29) is 12.2 Å². The fourth-order valence-electron chi connectivity index (χ4n) is 4.84. The normalized spacial score (nSPS) is 15.4. The van der Waals surface area contributed by atoms with Crippen LogP contribution in [-0.2, 0) is 9.53 Å². The van der Waals surface area contributed by atoms with E-state index in [2.05, 4.69) is 9.56 Å². The Hall–Kier alpha value is -3.39. The highest BCUT2D eigenvalue weighted by molar-refractivity contribution is 7.07. The number of halogens is 2. The Labute approximate surface area is 233 Å². The molecule has 2 aromatic heterocycles. The van der Waals surface area contributed by atoms with Gasteiger partial charge in [-0.2, -0.15) is 0 Å². The number of allylic oxidation sites excluding steroid dienone is 1. The van der Waals surface area contributed by atoms with Crippen LogP contribution in [0.2, 0.25) is 10.0 Å². The lowest BCUT2D eigenvalue weighted by Gasteiger charge is -2.24. The summed E-state index contributed by atoms with van der Waals surface area (Å²) in [5.41, 5.74) is 5.24. The summed E-state index contributed by atoms with van der Waals surface area (Å²) in [6, 6.07) is 16.4. The highest BCUT2D eigenvalue weighted by Crippen LogP contribution is 2.31. The van der Waals surface area contributed by atoms with Crippen LogP contribution >= 0.6 is 34.5 Å². The summed E-state index contributed by atoms with van der Waals surface area (Å²) < 4.78 is 9.55. The Morgan fingerprint density at radius 3 is 2.50 bits per heavy atom. The summed E-state index contributed by atoms with van der Waals surface area (Å²) in [5.74, 6) is -0.470. The summed E-state index contributed by atoms with van der Waals surface area (Å²) in [6.07, 6.45) is 1.88. The average Bonchev–Trinajstić information content (AvgIpc) is 3.34. The Bertz CT molecular complexity index is 1780. The van der Waals surface area contributed by atoms with Gasteiger partial charge in [-0.3, -0.25) is 9.36 Å². The molecule has 194 valence electrons. The zero-order valence-electron chi connectivity index (χ0n) is 21.3. The van der Waals surface area contributed by atoms with Gasteiger partial charge < -0.3 is 9.30 Å². The van der Waals surface area contributed by atoms with E-state index >= 15 is 0 Å². The third-order valence-electron chi connectivity index (χ3n) is 6.55. The minimum atomic E-state index is -0.628. The maximum absolute atomic E-state index is 13.9. The highest BCUT2D eigenvalue weighted by atomic mass is 35.5. The number of carbonyl (C=O) groups excluding carboxylic acids is 1. The van der Waals surface area contributed by atoms with Crippen molar-refractivity contribution in [3.05, 3.63) is 118 Å². The first-order chi connectivity index (χ1) is 18.2. The van der Waals surface area contributed by atoms with Crippen LogP contribution in [0.15, 0.2) is 75.7 Å². The predicted molar refractivity (Wildman–Crippen MR) is 152 cm³/mol. The minimum Gasteiger partial charge on any atom is -0.463 e. The highest BCUT2D eigenvalue weighted by Gasteiger charge is 2.33. The number of hydrogen-bond donors (Lipinski definition) is 0. The number of ether oxygens (including phenoxy) is 1. The Kier molecular flexibility index (Phi) is 7.18. The molecule has 0 bridgehead atoms. The van der Waals surface area contributed by atoms with Crippen LogP contribution in [0.25, 0.3) is 11.8 Å². The lowest BCUT2D eigenvalue weighted by atomic mass is 9.96. The molecule has 1 atom stereocenters. The van der Waals surface area contributed by atoms with Crippen molar-refractivity contribution in [2.45, 2.75) is 33.7 Å². The molecule has 1 aliphatic heterocycles. The molecule has 0 radical (unpaired) electrons. The number of nitrogens with zero attached hydrogens (tertiary/aromatic N) is 3. The average molecular weight is 567 g/mol. The maximum Gasteiger partial charge on any atom is 0.338 e. The molecule has 5 rings (SSSR count). The van der Waals surface area contributed by atoms with E-state index in [1.54, 1.807) is 24.5 Å². The van der Waals surface area contributed by atoms with Crippen LogP contribution in [0.5, 0.6) is 0 Å². The van der Waals surface area contributed by atoms with Crippen molar-refractivity contribution in [3.63, 3.8) is 0 Å². The summed E-state index contributed by atoms with van der Waals surface area (Å²) in [4.78, 5) is 32.0. The molecular weight excluding hydrogens is 541 g/mol. The lowest BCUT2D eigenvalue weighted by molar-refractivity contribution is -0.139. The molecule has 0 spiro atoms. The number of hydrogen-bond acceptors (Lipinski definition) is 5. The molecule has 0 unspecified atom stereocenters. The van der Waals surface area contributed by atoms with Crippen LogP contribution in [0.1, 0.15) is 42.4 Å². The van der Waals surface area contributed by atoms with Gasteiger partial charge in [-0.25, -0.2) is 9.79 Å². The first kappa shape index (κ1) is 26.2. The van der Waals surface area contributed by atoms with Gasteiger partial charge in [0.05, 0.1) is 38.5 Å². The number of thiazole rings is 1. The number of carbonyl (C=O) groups is 1. The largest absolute Gasteiger partial charge is 0.463 e. The second-order valence-electron chi connectivity index (χ2n) is 8.97. The topological polar surface area (TPSA) is 65.6 Å². The smallest absolute Gasteiger partial charge is 0.338 e. The summed E-state index contributed by atoms with van der Waals surface area (Å²) >= 11 is 13.7. The number of rotatable bonds is 5. The summed E-state index contributed by atoms with van der Waals surface area (Å²) in [7, 11) is 0. The number of fused-ring (bicyclic) bond motifs is 1. The molecule has 2 aromatic carbocycles. The van der Waals surface area contributed by atoms with E-state index in [4.69, 9.17) is 27.9 Å². The van der Waals surface area contributed by atoms with E-state index in [9.17, 15) is 9.59 Å². The first-order valence-electron chi connectivity index (χ1n) is 12.1. The molecule has 0 saturated heterocycles. The number of benzene rings is 2. The molecule has 6 nitrogen and oxygen atoms in total. The third-order valence-corrected chi connectivity index (χ3v) is 8.27. The van der Waals surface area contributed by atoms with Gasteiger partial charge in [0, 0.05) is 17.1 Å².